The van der Waals surface area contributed by atoms with Crippen LogP contribution < -0.4 is 10.2 Å². The number of hydrogen-bond donors (Lipinski definition) is 1. The minimum absolute atomic E-state index is 0.158. The molecule has 1 saturated heterocycles. The van der Waals surface area contributed by atoms with Crippen LogP contribution in [0, 0.1) is 0 Å². The second-order valence-corrected chi connectivity index (χ2v) is 7.20. The van der Waals surface area contributed by atoms with Gasteiger partial charge in [-0.3, -0.25) is 14.5 Å². The molecule has 1 N–H and O–H groups in total. The summed E-state index contributed by atoms with van der Waals surface area (Å²) in [7, 11) is 1.82. The number of carbonyl (C=O) groups is 1. The SMILES string of the molecule is Cn1ncc2c(N3CCSCC3)nc(C(=O)NCc3ccccn3)nc21. The molecule has 0 radical (unpaired) electrons. The molecule has 1 fully saturated rings. The van der Waals surface area contributed by atoms with E-state index in [1.54, 1.807) is 17.1 Å². The monoisotopic (exact) mass is 369 g/mol. The van der Waals surface area contributed by atoms with Crippen molar-refractivity contribution >= 4 is 34.5 Å². The highest BCUT2D eigenvalue weighted by molar-refractivity contribution is 7.99. The van der Waals surface area contributed by atoms with E-state index in [2.05, 4.69) is 30.3 Å². The molecule has 0 saturated carbocycles. The van der Waals surface area contributed by atoms with E-state index >= 15 is 0 Å². The summed E-state index contributed by atoms with van der Waals surface area (Å²) in [5.74, 6) is 2.72. The van der Waals surface area contributed by atoms with Crippen molar-refractivity contribution in [2.24, 2.45) is 7.05 Å². The van der Waals surface area contributed by atoms with Crippen LogP contribution in [0.15, 0.2) is 30.6 Å². The molecule has 8 nitrogen and oxygen atoms in total. The Morgan fingerprint density at radius 2 is 2.12 bits per heavy atom. The van der Waals surface area contributed by atoms with Crippen molar-refractivity contribution in [3.8, 4) is 0 Å². The molecule has 1 aliphatic rings. The lowest BCUT2D eigenvalue weighted by molar-refractivity contribution is 0.0940. The number of pyridine rings is 1. The van der Waals surface area contributed by atoms with Gasteiger partial charge in [0.05, 0.1) is 23.8 Å². The molecule has 9 heteroatoms. The highest BCUT2D eigenvalue weighted by Crippen LogP contribution is 2.25. The van der Waals surface area contributed by atoms with Crippen LogP contribution in [0.4, 0.5) is 5.82 Å². The smallest absolute Gasteiger partial charge is 0.289 e. The molecule has 0 spiro atoms. The molecule has 4 heterocycles. The van der Waals surface area contributed by atoms with Crippen molar-refractivity contribution in [3.63, 3.8) is 0 Å². The van der Waals surface area contributed by atoms with Crippen LogP contribution in [-0.2, 0) is 13.6 Å². The maximum atomic E-state index is 12.6. The molecule has 1 aliphatic heterocycles. The Morgan fingerprint density at radius 3 is 2.88 bits per heavy atom. The molecule has 0 aliphatic carbocycles. The molecule has 0 unspecified atom stereocenters. The molecule has 134 valence electrons. The van der Waals surface area contributed by atoms with Gasteiger partial charge in [-0.25, -0.2) is 9.97 Å². The Labute approximate surface area is 155 Å². The lowest BCUT2D eigenvalue weighted by Gasteiger charge is -2.27. The van der Waals surface area contributed by atoms with Crippen LogP contribution in [0.1, 0.15) is 16.3 Å². The fraction of sp³-hybridized carbons (Fsp3) is 0.353. The number of aromatic nitrogens is 5. The van der Waals surface area contributed by atoms with Gasteiger partial charge in [0.1, 0.15) is 5.82 Å². The van der Waals surface area contributed by atoms with Gasteiger partial charge in [-0.1, -0.05) is 6.07 Å². The number of fused-ring (bicyclic) bond motifs is 1. The van der Waals surface area contributed by atoms with E-state index in [0.29, 0.717) is 12.2 Å². The van der Waals surface area contributed by atoms with E-state index in [4.69, 9.17) is 0 Å². The summed E-state index contributed by atoms with van der Waals surface area (Å²) in [4.78, 5) is 28.0. The van der Waals surface area contributed by atoms with Crippen molar-refractivity contribution < 1.29 is 4.79 Å². The predicted molar refractivity (Wildman–Crippen MR) is 101 cm³/mol. The van der Waals surface area contributed by atoms with Crippen LogP contribution in [0.5, 0.6) is 0 Å². The average Bonchev–Trinajstić information content (AvgIpc) is 3.08. The number of hydrogen-bond acceptors (Lipinski definition) is 7. The molecule has 26 heavy (non-hydrogen) atoms. The maximum absolute atomic E-state index is 12.6. The zero-order valence-electron chi connectivity index (χ0n) is 14.4. The third kappa shape index (κ3) is 3.34. The number of rotatable bonds is 4. The average molecular weight is 369 g/mol. The molecule has 0 atom stereocenters. The van der Waals surface area contributed by atoms with Crippen LogP contribution in [0.3, 0.4) is 0 Å². The summed E-state index contributed by atoms with van der Waals surface area (Å²) < 4.78 is 1.68. The minimum Gasteiger partial charge on any atom is -0.354 e. The van der Waals surface area contributed by atoms with E-state index < -0.39 is 0 Å². The van der Waals surface area contributed by atoms with Crippen molar-refractivity contribution in [1.29, 1.82) is 0 Å². The summed E-state index contributed by atoms with van der Waals surface area (Å²) >= 11 is 1.93. The van der Waals surface area contributed by atoms with Gasteiger partial charge in [0.15, 0.2) is 5.65 Å². The Bertz CT molecular complexity index is 922. The van der Waals surface area contributed by atoms with Crippen LogP contribution >= 0.6 is 11.8 Å². The number of amides is 1. The number of thioether (sulfide) groups is 1. The third-order valence-electron chi connectivity index (χ3n) is 4.24. The Kier molecular flexibility index (Phi) is 4.70. The fourth-order valence-electron chi connectivity index (χ4n) is 2.88. The highest BCUT2D eigenvalue weighted by atomic mass is 32.2. The first kappa shape index (κ1) is 16.8. The third-order valence-corrected chi connectivity index (χ3v) is 5.18. The molecule has 0 bridgehead atoms. The molecule has 3 aromatic rings. The quantitative estimate of drug-likeness (QED) is 0.740. The summed E-state index contributed by atoms with van der Waals surface area (Å²) in [6, 6.07) is 5.59. The van der Waals surface area contributed by atoms with Gasteiger partial charge in [-0.05, 0) is 12.1 Å². The standard InChI is InChI=1S/C17H19N7OS/c1-23-15-13(11-20-23)16(24-6-8-26-9-7-24)22-14(21-15)17(25)19-10-12-4-2-3-5-18-12/h2-5,11H,6-10H2,1H3,(H,19,25). The summed E-state index contributed by atoms with van der Waals surface area (Å²) in [5, 5.41) is 8.00. The number of carbonyl (C=O) groups excluding carboxylic acids is 1. The number of anilines is 1. The maximum Gasteiger partial charge on any atom is 0.289 e. The van der Waals surface area contributed by atoms with Crippen molar-refractivity contribution in [1.82, 2.24) is 30.0 Å². The van der Waals surface area contributed by atoms with E-state index in [9.17, 15) is 4.79 Å². The number of nitrogens with zero attached hydrogens (tertiary/aromatic N) is 6. The Balaban J connectivity index is 1.63. The minimum atomic E-state index is -0.314. The van der Waals surface area contributed by atoms with E-state index in [1.807, 2.05) is 37.0 Å². The van der Waals surface area contributed by atoms with Crippen molar-refractivity contribution in [2.75, 3.05) is 29.5 Å². The lowest BCUT2D eigenvalue weighted by atomic mass is 10.3. The van der Waals surface area contributed by atoms with Gasteiger partial charge in [0.25, 0.3) is 5.91 Å². The van der Waals surface area contributed by atoms with Gasteiger partial charge < -0.3 is 10.2 Å². The van der Waals surface area contributed by atoms with Crippen molar-refractivity contribution in [2.45, 2.75) is 6.54 Å². The van der Waals surface area contributed by atoms with E-state index in [1.165, 1.54) is 0 Å². The van der Waals surface area contributed by atoms with Crippen LogP contribution in [0.25, 0.3) is 11.0 Å². The Morgan fingerprint density at radius 1 is 1.27 bits per heavy atom. The lowest BCUT2D eigenvalue weighted by Crippen LogP contribution is -2.34. The second-order valence-electron chi connectivity index (χ2n) is 5.98. The second kappa shape index (κ2) is 7.28. The molecule has 4 rings (SSSR count). The molecular formula is C17H19N7OS. The van der Waals surface area contributed by atoms with Crippen LogP contribution in [-0.4, -0.2) is 55.2 Å². The normalized spacial score (nSPS) is 14.6. The fourth-order valence-corrected chi connectivity index (χ4v) is 3.78. The first-order valence-corrected chi connectivity index (χ1v) is 9.58. The van der Waals surface area contributed by atoms with Gasteiger partial charge in [0.2, 0.25) is 5.82 Å². The predicted octanol–water partition coefficient (Wildman–Crippen LogP) is 1.24. The van der Waals surface area contributed by atoms with Gasteiger partial charge in [0, 0.05) is 37.8 Å². The van der Waals surface area contributed by atoms with Gasteiger partial charge in [-0.2, -0.15) is 16.9 Å². The first-order chi connectivity index (χ1) is 12.7. The zero-order chi connectivity index (χ0) is 17.9. The van der Waals surface area contributed by atoms with Crippen LogP contribution in [0.2, 0.25) is 0 Å². The number of aryl methyl sites for hydroxylation is 1. The molecule has 1 amide bonds. The van der Waals surface area contributed by atoms with E-state index in [-0.39, 0.29) is 11.7 Å². The molecule has 3 aromatic heterocycles. The number of nitrogens with one attached hydrogen (secondary N) is 1. The highest BCUT2D eigenvalue weighted by Gasteiger charge is 2.21. The summed E-state index contributed by atoms with van der Waals surface area (Å²) in [6.45, 7) is 2.14. The summed E-state index contributed by atoms with van der Waals surface area (Å²) in [5.41, 5.74) is 1.45. The molecule has 0 aromatic carbocycles. The summed E-state index contributed by atoms with van der Waals surface area (Å²) in [6.07, 6.45) is 3.47. The zero-order valence-corrected chi connectivity index (χ0v) is 15.2. The Hall–Kier alpha value is -2.68. The topological polar surface area (TPSA) is 88.8 Å². The van der Waals surface area contributed by atoms with E-state index in [0.717, 1.165) is 41.5 Å². The largest absolute Gasteiger partial charge is 0.354 e. The first-order valence-electron chi connectivity index (χ1n) is 8.43. The van der Waals surface area contributed by atoms with Gasteiger partial charge in [-0.15, -0.1) is 0 Å². The van der Waals surface area contributed by atoms with Crippen molar-refractivity contribution in [3.05, 3.63) is 42.1 Å². The van der Waals surface area contributed by atoms with Gasteiger partial charge >= 0.3 is 0 Å². The molecular weight excluding hydrogens is 350 g/mol.